The molecule has 0 aliphatic rings. The van der Waals surface area contributed by atoms with Crippen LogP contribution in [0.2, 0.25) is 0 Å². The summed E-state index contributed by atoms with van der Waals surface area (Å²) in [6, 6.07) is 3.37. The molecule has 18 heavy (non-hydrogen) atoms. The molecule has 0 amide bonds. The summed E-state index contributed by atoms with van der Waals surface area (Å²) in [6.07, 6.45) is 0. The molecule has 2 radical (unpaired) electrons. The van der Waals surface area contributed by atoms with E-state index in [4.69, 9.17) is 18.1 Å². The lowest BCUT2D eigenvalue weighted by Crippen LogP contribution is -2.36. The normalized spacial score (nSPS) is 10.8. The molecule has 0 heterocycles. The summed E-state index contributed by atoms with van der Waals surface area (Å²) in [5, 5.41) is 28.5. The molecule has 0 spiro atoms. The number of ether oxygens (including phenoxy) is 2. The van der Waals surface area contributed by atoms with E-state index in [2.05, 4.69) is 9.47 Å². The van der Waals surface area contributed by atoms with Gasteiger partial charge in [-0.3, -0.25) is 10.1 Å². The highest BCUT2D eigenvalue weighted by Gasteiger charge is 2.29. The van der Waals surface area contributed by atoms with Crippen molar-refractivity contribution in [3.63, 3.8) is 0 Å². The standard InChI is InChI=1S/C9H8BNO7/c1-17-8(12)5-3-2-4-6(11(15)16)7(5)18-9(10,13)14/h2-4,13-14H,1H3. The molecule has 0 atom stereocenters. The fourth-order valence-electron chi connectivity index (χ4n) is 1.20. The van der Waals surface area contributed by atoms with Crippen LogP contribution in [0.25, 0.3) is 0 Å². The van der Waals surface area contributed by atoms with Crippen LogP contribution < -0.4 is 4.74 Å². The first-order valence-electron chi connectivity index (χ1n) is 4.54. The van der Waals surface area contributed by atoms with Crippen LogP contribution >= 0.6 is 0 Å². The summed E-state index contributed by atoms with van der Waals surface area (Å²) in [7, 11) is 5.82. The van der Waals surface area contributed by atoms with Crippen molar-refractivity contribution < 1.29 is 29.4 Å². The number of benzene rings is 1. The Morgan fingerprint density at radius 2 is 2.11 bits per heavy atom. The molecule has 0 saturated carbocycles. The van der Waals surface area contributed by atoms with Crippen LogP contribution in [0.3, 0.4) is 0 Å². The van der Waals surface area contributed by atoms with Gasteiger partial charge in [-0.25, -0.2) is 4.79 Å². The number of nitro benzene ring substituents is 1. The van der Waals surface area contributed by atoms with Gasteiger partial charge in [-0.15, -0.1) is 0 Å². The molecule has 1 aromatic rings. The third-order valence-corrected chi connectivity index (χ3v) is 1.85. The van der Waals surface area contributed by atoms with E-state index in [1.807, 2.05) is 0 Å². The number of carbonyl (C=O) groups is 1. The molecule has 9 heteroatoms. The molecule has 0 aliphatic carbocycles. The lowest BCUT2D eigenvalue weighted by Gasteiger charge is -2.20. The van der Waals surface area contributed by atoms with Gasteiger partial charge in [0.05, 0.1) is 12.0 Å². The summed E-state index contributed by atoms with van der Waals surface area (Å²) in [6.45, 7) is 0. The van der Waals surface area contributed by atoms with Crippen molar-refractivity contribution in [3.05, 3.63) is 33.9 Å². The van der Waals surface area contributed by atoms with E-state index >= 15 is 0 Å². The van der Waals surface area contributed by atoms with Crippen LogP contribution in [0, 0.1) is 10.1 Å². The van der Waals surface area contributed by atoms with Crippen molar-refractivity contribution >= 4 is 19.5 Å². The molecular formula is C9H8BNO7. The van der Waals surface area contributed by atoms with Gasteiger partial charge in [-0.1, -0.05) is 6.07 Å². The van der Waals surface area contributed by atoms with Crippen molar-refractivity contribution in [2.75, 3.05) is 7.11 Å². The van der Waals surface area contributed by atoms with Crippen molar-refractivity contribution in [2.45, 2.75) is 5.87 Å². The minimum absolute atomic E-state index is 0.357. The van der Waals surface area contributed by atoms with E-state index < -0.39 is 28.2 Å². The Morgan fingerprint density at radius 1 is 1.50 bits per heavy atom. The number of carbonyl (C=O) groups excluding carboxylic acids is 1. The van der Waals surface area contributed by atoms with E-state index in [0.717, 1.165) is 19.2 Å². The van der Waals surface area contributed by atoms with Crippen LogP contribution in [-0.4, -0.2) is 41.9 Å². The Balaban J connectivity index is 3.39. The summed E-state index contributed by atoms with van der Waals surface area (Å²) in [5.74, 6) is -4.80. The zero-order valence-electron chi connectivity index (χ0n) is 9.19. The number of aliphatic hydroxyl groups is 2. The Kier molecular flexibility index (Phi) is 3.89. The number of para-hydroxylation sites is 1. The van der Waals surface area contributed by atoms with Crippen molar-refractivity contribution in [1.82, 2.24) is 0 Å². The van der Waals surface area contributed by atoms with Crippen LogP contribution in [-0.2, 0) is 4.74 Å². The Labute approximate surface area is 102 Å². The minimum atomic E-state index is -3.16. The van der Waals surface area contributed by atoms with Gasteiger partial charge in [0.15, 0.2) is 0 Å². The van der Waals surface area contributed by atoms with Gasteiger partial charge in [0.1, 0.15) is 5.56 Å². The van der Waals surface area contributed by atoms with Gasteiger partial charge in [0.25, 0.3) is 5.87 Å². The molecule has 1 rings (SSSR count). The van der Waals surface area contributed by atoms with Crippen LogP contribution in [0.5, 0.6) is 5.75 Å². The largest absolute Gasteiger partial charge is 0.465 e. The van der Waals surface area contributed by atoms with Gasteiger partial charge < -0.3 is 19.7 Å². The van der Waals surface area contributed by atoms with Crippen molar-refractivity contribution in [3.8, 4) is 5.75 Å². The molecule has 0 unspecified atom stereocenters. The van der Waals surface area contributed by atoms with E-state index in [9.17, 15) is 14.9 Å². The maximum absolute atomic E-state index is 11.4. The highest BCUT2D eigenvalue weighted by molar-refractivity contribution is 6.12. The molecule has 0 bridgehead atoms. The molecule has 1 aromatic carbocycles. The van der Waals surface area contributed by atoms with Gasteiger partial charge in [0, 0.05) is 6.07 Å². The van der Waals surface area contributed by atoms with Crippen LogP contribution in [0.4, 0.5) is 5.69 Å². The van der Waals surface area contributed by atoms with Crippen LogP contribution in [0.1, 0.15) is 10.4 Å². The molecule has 2 N–H and O–H groups in total. The molecular weight excluding hydrogens is 245 g/mol. The number of hydrogen-bond acceptors (Lipinski definition) is 7. The summed E-state index contributed by atoms with van der Waals surface area (Å²) in [4.78, 5) is 21.2. The summed E-state index contributed by atoms with van der Waals surface area (Å²) >= 11 is 0. The van der Waals surface area contributed by atoms with E-state index in [-0.39, 0.29) is 5.56 Å². The first-order chi connectivity index (χ1) is 8.26. The lowest BCUT2D eigenvalue weighted by molar-refractivity contribution is -0.387. The second-order valence-corrected chi connectivity index (χ2v) is 3.16. The molecule has 94 valence electrons. The fourth-order valence-corrected chi connectivity index (χ4v) is 1.20. The average molecular weight is 253 g/mol. The topological polar surface area (TPSA) is 119 Å². The number of hydrogen-bond donors (Lipinski definition) is 2. The number of nitro groups is 1. The molecule has 0 aromatic heterocycles. The highest BCUT2D eigenvalue weighted by Crippen LogP contribution is 2.32. The van der Waals surface area contributed by atoms with E-state index in [1.54, 1.807) is 0 Å². The monoisotopic (exact) mass is 253 g/mol. The Hall–Kier alpha value is -2.13. The second kappa shape index (κ2) is 5.02. The SMILES string of the molecule is [B]C(O)(O)Oc1c(C(=O)OC)cccc1[N+](=O)[O-]. The lowest BCUT2D eigenvalue weighted by atomic mass is 10.1. The van der Waals surface area contributed by atoms with Crippen molar-refractivity contribution in [1.29, 1.82) is 0 Å². The Morgan fingerprint density at radius 3 is 2.56 bits per heavy atom. The van der Waals surface area contributed by atoms with E-state index in [1.165, 1.54) is 6.07 Å². The fraction of sp³-hybridized carbons (Fsp3) is 0.222. The number of methoxy groups -OCH3 is 1. The number of esters is 1. The smallest absolute Gasteiger partial charge is 0.341 e. The maximum Gasteiger partial charge on any atom is 0.341 e. The van der Waals surface area contributed by atoms with Gasteiger partial charge >= 0.3 is 11.7 Å². The predicted octanol–water partition coefficient (Wildman–Crippen LogP) is -0.475. The first kappa shape index (κ1) is 13.9. The molecule has 0 saturated heterocycles. The minimum Gasteiger partial charge on any atom is -0.465 e. The Bertz CT molecular complexity index is 482. The zero-order valence-corrected chi connectivity index (χ0v) is 9.19. The molecule has 0 aliphatic heterocycles. The van der Waals surface area contributed by atoms with Crippen LogP contribution in [0.15, 0.2) is 18.2 Å². The third kappa shape index (κ3) is 3.18. The van der Waals surface area contributed by atoms with Gasteiger partial charge in [0.2, 0.25) is 13.6 Å². The third-order valence-electron chi connectivity index (χ3n) is 1.85. The number of nitrogens with zero attached hydrogens (tertiary/aromatic N) is 1. The van der Waals surface area contributed by atoms with Gasteiger partial charge in [-0.2, -0.15) is 0 Å². The molecule has 8 nitrogen and oxygen atoms in total. The number of rotatable bonds is 4. The zero-order chi connectivity index (χ0) is 13.9. The molecule has 0 fully saturated rings. The van der Waals surface area contributed by atoms with Gasteiger partial charge in [-0.05, 0) is 6.07 Å². The average Bonchev–Trinajstić information content (AvgIpc) is 2.25. The highest BCUT2D eigenvalue weighted by atomic mass is 16.8. The summed E-state index contributed by atoms with van der Waals surface area (Å²) in [5.41, 5.74) is -1.01. The summed E-state index contributed by atoms with van der Waals surface area (Å²) < 4.78 is 8.78. The second-order valence-electron chi connectivity index (χ2n) is 3.16. The first-order valence-corrected chi connectivity index (χ1v) is 4.54. The quantitative estimate of drug-likeness (QED) is 0.244. The maximum atomic E-state index is 11.4. The van der Waals surface area contributed by atoms with E-state index in [0.29, 0.717) is 0 Å². The predicted molar refractivity (Wildman–Crippen MR) is 58.0 cm³/mol. The van der Waals surface area contributed by atoms with Crippen molar-refractivity contribution in [2.24, 2.45) is 0 Å².